The van der Waals surface area contributed by atoms with Crippen LogP contribution in [0, 0.1) is 10.1 Å². The van der Waals surface area contributed by atoms with E-state index in [1.165, 1.54) is 18.3 Å². The zero-order valence-electron chi connectivity index (χ0n) is 10.3. The van der Waals surface area contributed by atoms with Crippen LogP contribution in [-0.2, 0) is 6.42 Å². The van der Waals surface area contributed by atoms with Crippen LogP contribution in [0.5, 0.6) is 5.88 Å². The third-order valence-electron chi connectivity index (χ3n) is 2.59. The standard InChI is InChI=1S/C13H10Cl2N2O3/c14-10-4-1-3-9(12(10)15)6-8-20-13-11(17(18)19)5-2-7-16-13/h1-5,7H,6,8H2. The normalized spacial score (nSPS) is 10.3. The summed E-state index contributed by atoms with van der Waals surface area (Å²) in [6.45, 7) is 0.220. The van der Waals surface area contributed by atoms with Gasteiger partial charge >= 0.3 is 5.69 Å². The largest absolute Gasteiger partial charge is 0.472 e. The van der Waals surface area contributed by atoms with E-state index >= 15 is 0 Å². The minimum Gasteiger partial charge on any atom is -0.472 e. The summed E-state index contributed by atoms with van der Waals surface area (Å²) >= 11 is 11.9. The van der Waals surface area contributed by atoms with E-state index in [4.69, 9.17) is 27.9 Å². The molecule has 7 heteroatoms. The van der Waals surface area contributed by atoms with Gasteiger partial charge < -0.3 is 4.74 Å². The molecule has 0 aliphatic rings. The molecule has 104 valence electrons. The Morgan fingerprint density at radius 3 is 2.80 bits per heavy atom. The molecule has 0 bridgehead atoms. The molecule has 0 aliphatic heterocycles. The average molecular weight is 313 g/mol. The molecule has 0 unspecified atom stereocenters. The second kappa shape index (κ2) is 6.54. The number of pyridine rings is 1. The van der Waals surface area contributed by atoms with Crippen molar-refractivity contribution in [1.82, 2.24) is 4.98 Å². The van der Waals surface area contributed by atoms with Gasteiger partial charge in [-0.15, -0.1) is 0 Å². The SMILES string of the molecule is O=[N+]([O-])c1cccnc1OCCc1cccc(Cl)c1Cl. The highest BCUT2D eigenvalue weighted by atomic mass is 35.5. The maximum absolute atomic E-state index is 10.8. The van der Waals surface area contributed by atoms with Crippen LogP contribution >= 0.6 is 23.2 Å². The van der Waals surface area contributed by atoms with Crippen molar-refractivity contribution in [3.05, 3.63) is 62.3 Å². The van der Waals surface area contributed by atoms with Crippen molar-refractivity contribution in [3.8, 4) is 5.88 Å². The van der Waals surface area contributed by atoms with Crippen LogP contribution < -0.4 is 4.74 Å². The molecular formula is C13H10Cl2N2O3. The molecule has 0 atom stereocenters. The summed E-state index contributed by atoms with van der Waals surface area (Å²) in [6.07, 6.45) is 1.92. The predicted molar refractivity (Wildman–Crippen MR) is 76.6 cm³/mol. The van der Waals surface area contributed by atoms with Crippen molar-refractivity contribution >= 4 is 28.9 Å². The van der Waals surface area contributed by atoms with Crippen LogP contribution in [0.2, 0.25) is 10.0 Å². The molecular weight excluding hydrogens is 303 g/mol. The van der Waals surface area contributed by atoms with Gasteiger partial charge in [0.25, 0.3) is 5.88 Å². The lowest BCUT2D eigenvalue weighted by Crippen LogP contribution is -2.05. The molecule has 1 aromatic carbocycles. The first kappa shape index (κ1) is 14.6. The van der Waals surface area contributed by atoms with Gasteiger partial charge in [-0.1, -0.05) is 35.3 Å². The van der Waals surface area contributed by atoms with E-state index in [0.29, 0.717) is 16.5 Å². The number of nitrogens with zero attached hydrogens (tertiary/aromatic N) is 2. The summed E-state index contributed by atoms with van der Waals surface area (Å²) in [6, 6.07) is 8.13. The fourth-order valence-electron chi connectivity index (χ4n) is 1.63. The molecule has 2 rings (SSSR count). The number of hydrogen-bond acceptors (Lipinski definition) is 4. The van der Waals surface area contributed by atoms with E-state index in [1.54, 1.807) is 12.1 Å². The van der Waals surface area contributed by atoms with E-state index in [0.717, 1.165) is 5.56 Å². The van der Waals surface area contributed by atoms with Gasteiger partial charge in [0.1, 0.15) is 0 Å². The Labute approximate surface area is 125 Å². The summed E-state index contributed by atoms with van der Waals surface area (Å²) < 4.78 is 5.34. The topological polar surface area (TPSA) is 65.3 Å². The number of rotatable bonds is 5. The van der Waals surface area contributed by atoms with Crippen LogP contribution in [0.4, 0.5) is 5.69 Å². The Balaban J connectivity index is 2.03. The smallest absolute Gasteiger partial charge is 0.330 e. The minimum absolute atomic E-state index is 0.00403. The zero-order valence-corrected chi connectivity index (χ0v) is 11.8. The quantitative estimate of drug-likeness (QED) is 0.620. The first-order valence-electron chi connectivity index (χ1n) is 5.74. The van der Waals surface area contributed by atoms with Gasteiger partial charge in [0, 0.05) is 18.7 Å². The van der Waals surface area contributed by atoms with Crippen LogP contribution in [-0.4, -0.2) is 16.5 Å². The van der Waals surface area contributed by atoms with Gasteiger partial charge in [-0.25, -0.2) is 4.98 Å². The predicted octanol–water partition coefficient (Wildman–Crippen LogP) is 3.92. The highest BCUT2D eigenvalue weighted by Gasteiger charge is 2.15. The Hall–Kier alpha value is -1.85. The van der Waals surface area contributed by atoms with Gasteiger partial charge in [-0.05, 0) is 17.7 Å². The molecule has 1 heterocycles. The Morgan fingerprint density at radius 2 is 2.05 bits per heavy atom. The molecule has 5 nitrogen and oxygen atoms in total. The number of nitro groups is 1. The van der Waals surface area contributed by atoms with Gasteiger partial charge in [-0.2, -0.15) is 0 Å². The molecule has 0 amide bonds. The molecule has 0 aliphatic carbocycles. The fraction of sp³-hybridized carbons (Fsp3) is 0.154. The maximum Gasteiger partial charge on any atom is 0.330 e. The van der Waals surface area contributed by atoms with E-state index in [2.05, 4.69) is 4.98 Å². The van der Waals surface area contributed by atoms with E-state index in [-0.39, 0.29) is 18.2 Å². The summed E-state index contributed by atoms with van der Waals surface area (Å²) in [5, 5.41) is 11.7. The van der Waals surface area contributed by atoms with E-state index in [1.807, 2.05) is 6.07 Å². The highest BCUT2D eigenvalue weighted by Crippen LogP contribution is 2.27. The minimum atomic E-state index is -0.533. The second-order valence-corrected chi connectivity index (χ2v) is 4.68. The van der Waals surface area contributed by atoms with Gasteiger partial charge in [-0.3, -0.25) is 10.1 Å². The number of hydrogen-bond donors (Lipinski definition) is 0. The molecule has 20 heavy (non-hydrogen) atoms. The Bertz CT molecular complexity index is 635. The molecule has 2 aromatic rings. The third-order valence-corrected chi connectivity index (χ3v) is 3.45. The number of aromatic nitrogens is 1. The molecule has 1 aromatic heterocycles. The molecule has 0 radical (unpaired) electrons. The number of halogens is 2. The van der Waals surface area contributed by atoms with Crippen LogP contribution in [0.3, 0.4) is 0 Å². The lowest BCUT2D eigenvalue weighted by molar-refractivity contribution is -0.386. The van der Waals surface area contributed by atoms with Crippen LogP contribution in [0.25, 0.3) is 0 Å². The van der Waals surface area contributed by atoms with Crippen molar-refractivity contribution in [2.45, 2.75) is 6.42 Å². The van der Waals surface area contributed by atoms with Crippen molar-refractivity contribution in [2.75, 3.05) is 6.61 Å². The van der Waals surface area contributed by atoms with Crippen molar-refractivity contribution in [1.29, 1.82) is 0 Å². The average Bonchev–Trinajstić information content (AvgIpc) is 2.44. The van der Waals surface area contributed by atoms with Crippen LogP contribution in [0.15, 0.2) is 36.5 Å². The van der Waals surface area contributed by atoms with Crippen molar-refractivity contribution in [2.24, 2.45) is 0 Å². The second-order valence-electron chi connectivity index (χ2n) is 3.90. The summed E-state index contributed by atoms with van der Waals surface area (Å²) in [5.41, 5.74) is 0.655. The fourth-order valence-corrected chi connectivity index (χ4v) is 2.05. The van der Waals surface area contributed by atoms with Crippen molar-refractivity contribution in [3.63, 3.8) is 0 Å². The van der Waals surface area contributed by atoms with Crippen LogP contribution in [0.1, 0.15) is 5.56 Å². The Kier molecular flexibility index (Phi) is 4.76. The first-order valence-corrected chi connectivity index (χ1v) is 6.50. The summed E-state index contributed by atoms with van der Waals surface area (Å²) in [5.74, 6) is -0.00403. The summed E-state index contributed by atoms with van der Waals surface area (Å²) in [7, 11) is 0. The zero-order chi connectivity index (χ0) is 14.5. The first-order chi connectivity index (χ1) is 9.59. The third kappa shape index (κ3) is 3.37. The van der Waals surface area contributed by atoms with Gasteiger partial charge in [0.15, 0.2) is 0 Å². The highest BCUT2D eigenvalue weighted by molar-refractivity contribution is 6.42. The Morgan fingerprint density at radius 1 is 1.25 bits per heavy atom. The molecule has 0 N–H and O–H groups in total. The van der Waals surface area contributed by atoms with Crippen molar-refractivity contribution < 1.29 is 9.66 Å². The molecule has 0 spiro atoms. The molecule has 0 fully saturated rings. The molecule has 0 saturated heterocycles. The number of ether oxygens (including phenoxy) is 1. The monoisotopic (exact) mass is 312 g/mol. The number of benzene rings is 1. The van der Waals surface area contributed by atoms with E-state index in [9.17, 15) is 10.1 Å². The summed E-state index contributed by atoms with van der Waals surface area (Å²) in [4.78, 5) is 14.1. The van der Waals surface area contributed by atoms with Gasteiger partial charge in [0.2, 0.25) is 0 Å². The maximum atomic E-state index is 10.8. The molecule has 0 saturated carbocycles. The van der Waals surface area contributed by atoms with E-state index < -0.39 is 4.92 Å². The lowest BCUT2D eigenvalue weighted by atomic mass is 10.2. The lowest BCUT2D eigenvalue weighted by Gasteiger charge is -2.07. The van der Waals surface area contributed by atoms with Gasteiger partial charge in [0.05, 0.1) is 21.6 Å².